The lowest BCUT2D eigenvalue weighted by atomic mass is 9.88. The average molecular weight is 355 g/mol. The highest BCUT2D eigenvalue weighted by Crippen LogP contribution is 2.17. The molecule has 0 aliphatic carbocycles. The Balaban J connectivity index is 0.00000288. The summed E-state index contributed by atoms with van der Waals surface area (Å²) in [5.41, 5.74) is 8.34. The molecule has 3 N–H and O–H groups in total. The Kier molecular flexibility index (Phi) is 6.68. The van der Waals surface area contributed by atoms with Gasteiger partial charge in [0.2, 0.25) is 5.91 Å². The number of aromatic nitrogens is 4. The molecule has 0 bridgehead atoms. The van der Waals surface area contributed by atoms with Gasteiger partial charge in [0.05, 0.1) is 5.54 Å². The molecule has 1 atom stereocenters. The molecule has 8 heteroatoms. The summed E-state index contributed by atoms with van der Waals surface area (Å²) < 4.78 is 1.71. The first kappa shape index (κ1) is 20.3. The van der Waals surface area contributed by atoms with Gasteiger partial charge in [0.15, 0.2) is 0 Å². The van der Waals surface area contributed by atoms with Gasteiger partial charge in [-0.2, -0.15) is 10.1 Å². The van der Waals surface area contributed by atoms with Crippen molar-refractivity contribution in [3.05, 3.63) is 23.3 Å². The summed E-state index contributed by atoms with van der Waals surface area (Å²) in [6.07, 6.45) is 2.50. The fraction of sp³-hybridized carbons (Fsp3) is 0.625. The van der Waals surface area contributed by atoms with Crippen LogP contribution in [0.5, 0.6) is 0 Å². The van der Waals surface area contributed by atoms with E-state index in [-0.39, 0.29) is 29.8 Å². The largest absolute Gasteiger partial charge is 0.349 e. The number of hydrogen-bond donors (Lipinski definition) is 2. The van der Waals surface area contributed by atoms with Gasteiger partial charge in [-0.25, -0.2) is 9.50 Å². The van der Waals surface area contributed by atoms with E-state index < -0.39 is 0 Å². The number of halogens is 1. The topological polar surface area (TPSA) is 98.2 Å². The third-order valence-corrected chi connectivity index (χ3v) is 4.71. The molecule has 1 unspecified atom stereocenters. The lowest BCUT2D eigenvalue weighted by Crippen LogP contribution is -2.55. The van der Waals surface area contributed by atoms with Gasteiger partial charge in [-0.15, -0.1) is 12.4 Å². The fourth-order valence-corrected chi connectivity index (χ4v) is 2.57. The summed E-state index contributed by atoms with van der Waals surface area (Å²) >= 11 is 0. The van der Waals surface area contributed by atoms with Crippen LogP contribution in [0.2, 0.25) is 0 Å². The molecular formula is C16H27ClN6O. The van der Waals surface area contributed by atoms with E-state index in [1.54, 1.807) is 4.52 Å². The van der Waals surface area contributed by atoms with Crippen molar-refractivity contribution in [3.63, 3.8) is 0 Å². The third kappa shape index (κ3) is 4.02. The SMILES string of the molecule is Cc1nc2ncnn2c(C)c1CCC(=O)NC(C)(CN)C(C)C.Cl. The van der Waals surface area contributed by atoms with Crippen LogP contribution < -0.4 is 11.1 Å². The highest BCUT2D eigenvalue weighted by Gasteiger charge is 2.28. The van der Waals surface area contributed by atoms with Crippen molar-refractivity contribution in [1.82, 2.24) is 24.9 Å². The van der Waals surface area contributed by atoms with Crippen molar-refractivity contribution in [1.29, 1.82) is 0 Å². The van der Waals surface area contributed by atoms with Crippen LogP contribution >= 0.6 is 12.4 Å². The van der Waals surface area contributed by atoms with Gasteiger partial charge >= 0.3 is 0 Å². The lowest BCUT2D eigenvalue weighted by Gasteiger charge is -2.33. The van der Waals surface area contributed by atoms with E-state index in [4.69, 9.17) is 5.73 Å². The van der Waals surface area contributed by atoms with Crippen molar-refractivity contribution >= 4 is 24.1 Å². The molecule has 7 nitrogen and oxygen atoms in total. The summed E-state index contributed by atoms with van der Waals surface area (Å²) in [6, 6.07) is 0. The zero-order valence-corrected chi connectivity index (χ0v) is 15.8. The molecule has 2 heterocycles. The molecular weight excluding hydrogens is 328 g/mol. The Morgan fingerprint density at radius 3 is 2.67 bits per heavy atom. The molecule has 2 aromatic rings. The number of amides is 1. The van der Waals surface area contributed by atoms with Crippen LogP contribution in [0, 0.1) is 19.8 Å². The standard InChI is InChI=1S/C16H26N6O.ClH/c1-10(2)16(5,8-17)21-14(23)7-6-13-11(3)20-15-18-9-19-22(15)12(13)4;/h9-10H,6-8,17H2,1-5H3,(H,21,23);1H. The Bertz CT molecular complexity index is 714. The van der Waals surface area contributed by atoms with Gasteiger partial charge in [-0.3, -0.25) is 4.79 Å². The van der Waals surface area contributed by atoms with Gasteiger partial charge in [0.25, 0.3) is 5.78 Å². The van der Waals surface area contributed by atoms with E-state index in [0.29, 0.717) is 25.2 Å². The average Bonchev–Trinajstić information content (AvgIpc) is 2.94. The quantitative estimate of drug-likeness (QED) is 0.820. The number of nitrogens with two attached hydrogens (primary N) is 1. The number of carbonyl (C=O) groups is 1. The smallest absolute Gasteiger partial charge is 0.252 e. The summed E-state index contributed by atoms with van der Waals surface area (Å²) in [7, 11) is 0. The molecule has 2 aromatic heterocycles. The first-order valence-corrected chi connectivity index (χ1v) is 7.95. The maximum absolute atomic E-state index is 12.3. The molecule has 24 heavy (non-hydrogen) atoms. The molecule has 0 aliphatic heterocycles. The van der Waals surface area contributed by atoms with E-state index in [1.165, 1.54) is 6.33 Å². The van der Waals surface area contributed by atoms with Crippen LogP contribution in [0.3, 0.4) is 0 Å². The highest BCUT2D eigenvalue weighted by molar-refractivity contribution is 5.85. The summed E-state index contributed by atoms with van der Waals surface area (Å²) in [5, 5.41) is 7.23. The maximum atomic E-state index is 12.3. The van der Waals surface area contributed by atoms with Crippen LogP contribution in [0.25, 0.3) is 5.78 Å². The number of rotatable bonds is 6. The van der Waals surface area contributed by atoms with Crippen LogP contribution in [-0.2, 0) is 11.2 Å². The van der Waals surface area contributed by atoms with Crippen molar-refractivity contribution in [3.8, 4) is 0 Å². The molecule has 0 radical (unpaired) electrons. The third-order valence-electron chi connectivity index (χ3n) is 4.71. The number of carbonyl (C=O) groups excluding carboxylic acids is 1. The zero-order valence-electron chi connectivity index (χ0n) is 15.0. The summed E-state index contributed by atoms with van der Waals surface area (Å²) in [5.74, 6) is 0.862. The van der Waals surface area contributed by atoms with Crippen molar-refractivity contribution in [2.45, 2.75) is 53.0 Å². The van der Waals surface area contributed by atoms with Crippen LogP contribution in [0.4, 0.5) is 0 Å². The molecule has 0 fully saturated rings. The van der Waals surface area contributed by atoms with Crippen molar-refractivity contribution in [2.75, 3.05) is 6.54 Å². The van der Waals surface area contributed by atoms with Gasteiger partial charge in [0.1, 0.15) is 6.33 Å². The van der Waals surface area contributed by atoms with Crippen LogP contribution in [0.15, 0.2) is 6.33 Å². The van der Waals surface area contributed by atoms with Gasteiger partial charge < -0.3 is 11.1 Å². The number of nitrogens with one attached hydrogen (secondary N) is 1. The van der Waals surface area contributed by atoms with E-state index >= 15 is 0 Å². The Morgan fingerprint density at radius 2 is 2.08 bits per heavy atom. The maximum Gasteiger partial charge on any atom is 0.252 e. The minimum Gasteiger partial charge on any atom is -0.349 e. The van der Waals surface area contributed by atoms with Gasteiger partial charge in [0, 0.05) is 24.4 Å². The van der Waals surface area contributed by atoms with Gasteiger partial charge in [-0.05, 0) is 38.7 Å². The molecule has 0 aromatic carbocycles. The number of hydrogen-bond acceptors (Lipinski definition) is 5. The van der Waals surface area contributed by atoms with Gasteiger partial charge in [-0.1, -0.05) is 13.8 Å². The summed E-state index contributed by atoms with van der Waals surface area (Å²) in [6.45, 7) is 10.4. The number of nitrogens with zero attached hydrogens (tertiary/aromatic N) is 4. The van der Waals surface area contributed by atoms with E-state index in [0.717, 1.165) is 17.0 Å². The molecule has 2 rings (SSSR count). The Hall–Kier alpha value is -1.73. The normalized spacial score (nSPS) is 13.6. The molecule has 134 valence electrons. The Morgan fingerprint density at radius 1 is 1.42 bits per heavy atom. The highest BCUT2D eigenvalue weighted by atomic mass is 35.5. The van der Waals surface area contributed by atoms with Crippen molar-refractivity contribution < 1.29 is 4.79 Å². The first-order chi connectivity index (χ1) is 10.8. The predicted molar refractivity (Wildman–Crippen MR) is 96.3 cm³/mol. The second kappa shape index (κ2) is 7.90. The molecule has 1 amide bonds. The summed E-state index contributed by atoms with van der Waals surface area (Å²) in [4.78, 5) is 20.8. The minimum atomic E-state index is -0.380. The Labute approximate surface area is 148 Å². The fourth-order valence-electron chi connectivity index (χ4n) is 2.57. The second-order valence-corrected chi connectivity index (χ2v) is 6.56. The van der Waals surface area contributed by atoms with E-state index in [1.807, 2.05) is 20.8 Å². The van der Waals surface area contributed by atoms with E-state index in [2.05, 4.69) is 34.2 Å². The molecule has 0 aliphatic rings. The zero-order chi connectivity index (χ0) is 17.2. The van der Waals surface area contributed by atoms with Crippen molar-refractivity contribution in [2.24, 2.45) is 11.7 Å². The van der Waals surface area contributed by atoms with E-state index in [9.17, 15) is 4.79 Å². The predicted octanol–water partition coefficient (Wildman–Crippen LogP) is 1.59. The molecule has 0 saturated heterocycles. The molecule has 0 spiro atoms. The number of fused-ring (bicyclic) bond motifs is 1. The molecule has 0 saturated carbocycles. The van der Waals surface area contributed by atoms with Crippen LogP contribution in [0.1, 0.15) is 44.1 Å². The monoisotopic (exact) mass is 354 g/mol. The van der Waals surface area contributed by atoms with Crippen LogP contribution in [-0.4, -0.2) is 37.6 Å². The first-order valence-electron chi connectivity index (χ1n) is 7.95. The second-order valence-electron chi connectivity index (χ2n) is 6.56. The lowest BCUT2D eigenvalue weighted by molar-refractivity contribution is -0.123. The minimum absolute atomic E-state index is 0. The number of aryl methyl sites for hydroxylation is 2.